The molecule has 0 unspecified atom stereocenters. The van der Waals surface area contributed by atoms with Crippen molar-refractivity contribution in [1.82, 2.24) is 0 Å². The highest BCUT2D eigenvalue weighted by Gasteiger charge is 1.97. The number of hydrogen-bond donors (Lipinski definition) is 0. The predicted octanol–water partition coefficient (Wildman–Crippen LogP) is 9.86. The zero-order chi connectivity index (χ0) is 22.5. The largest absolute Gasteiger partial charge is 0.0683 e. The van der Waals surface area contributed by atoms with Crippen LogP contribution in [0.15, 0.2) is 60.7 Å². The molecule has 0 atom stereocenters. The van der Waals surface area contributed by atoms with E-state index in [9.17, 15) is 0 Å². The van der Waals surface area contributed by atoms with E-state index in [0.29, 0.717) is 0 Å². The lowest BCUT2D eigenvalue weighted by Crippen LogP contribution is -1.80. The van der Waals surface area contributed by atoms with Gasteiger partial charge in [0.05, 0.1) is 0 Å². The highest BCUT2D eigenvalue weighted by Crippen LogP contribution is 2.20. The van der Waals surface area contributed by atoms with E-state index in [2.05, 4.69) is 88.4 Å². The van der Waals surface area contributed by atoms with Gasteiger partial charge in [0.15, 0.2) is 0 Å². The van der Waals surface area contributed by atoms with Gasteiger partial charge in [-0.25, -0.2) is 0 Å². The average Bonchev–Trinajstić information content (AvgIpc) is 2.79. The molecule has 28 heavy (non-hydrogen) atoms. The summed E-state index contributed by atoms with van der Waals surface area (Å²) in [6.07, 6.45) is 0. The minimum Gasteiger partial charge on any atom is -0.0683 e. The maximum absolute atomic E-state index is 2.18. The fraction of sp³-hybridized carbons (Fsp3) is 0.429. The van der Waals surface area contributed by atoms with Crippen LogP contribution in [0.3, 0.4) is 0 Å². The van der Waals surface area contributed by atoms with Crippen LogP contribution in [-0.2, 0) is 0 Å². The van der Waals surface area contributed by atoms with Crippen LogP contribution in [0.1, 0.15) is 77.6 Å². The quantitative estimate of drug-likeness (QED) is 0.363. The summed E-state index contributed by atoms with van der Waals surface area (Å²) in [5, 5.41) is 2.75. The SMILES string of the molecule is CC.CC.CC.CC.Cc1ccc(C)c2ccccc12.Cc1ccc(C)cc1. The zero-order valence-electron chi connectivity index (χ0n) is 20.8. The third kappa shape index (κ3) is 12.3. The van der Waals surface area contributed by atoms with Gasteiger partial charge in [-0.1, -0.05) is 127 Å². The van der Waals surface area contributed by atoms with Crippen LogP contribution in [0.5, 0.6) is 0 Å². The van der Waals surface area contributed by atoms with Gasteiger partial charge in [0, 0.05) is 0 Å². The van der Waals surface area contributed by atoms with E-state index in [-0.39, 0.29) is 0 Å². The van der Waals surface area contributed by atoms with Gasteiger partial charge in [-0.15, -0.1) is 0 Å². The second kappa shape index (κ2) is 21.2. The Kier molecular flexibility index (Phi) is 23.2. The topological polar surface area (TPSA) is 0 Å². The van der Waals surface area contributed by atoms with Crippen LogP contribution in [0.4, 0.5) is 0 Å². The van der Waals surface area contributed by atoms with Crippen molar-refractivity contribution in [2.24, 2.45) is 0 Å². The van der Waals surface area contributed by atoms with E-state index in [0.717, 1.165) is 0 Å². The summed E-state index contributed by atoms with van der Waals surface area (Å²) in [4.78, 5) is 0. The van der Waals surface area contributed by atoms with Crippen LogP contribution in [0.25, 0.3) is 10.8 Å². The number of fused-ring (bicyclic) bond motifs is 1. The van der Waals surface area contributed by atoms with Crippen molar-refractivity contribution in [1.29, 1.82) is 0 Å². The molecule has 0 aliphatic rings. The summed E-state index contributed by atoms with van der Waals surface area (Å²) in [6.45, 7) is 24.5. The van der Waals surface area contributed by atoms with Gasteiger partial charge in [0.25, 0.3) is 0 Å². The smallest absolute Gasteiger partial charge is 0.0152 e. The molecule has 3 aromatic rings. The Balaban J connectivity index is -0.000000342. The van der Waals surface area contributed by atoms with E-state index in [4.69, 9.17) is 0 Å². The summed E-state index contributed by atoms with van der Waals surface area (Å²) in [5.41, 5.74) is 5.37. The van der Waals surface area contributed by atoms with Gasteiger partial charge in [-0.3, -0.25) is 0 Å². The summed E-state index contributed by atoms with van der Waals surface area (Å²) >= 11 is 0. The lowest BCUT2D eigenvalue weighted by molar-refractivity contribution is 1.40. The first-order valence-corrected chi connectivity index (χ1v) is 11.1. The highest BCUT2D eigenvalue weighted by atomic mass is 14.0. The van der Waals surface area contributed by atoms with Gasteiger partial charge in [-0.05, 0) is 49.6 Å². The maximum Gasteiger partial charge on any atom is -0.0152 e. The second-order valence-corrected chi connectivity index (χ2v) is 5.40. The van der Waals surface area contributed by atoms with E-state index in [1.165, 1.54) is 33.0 Å². The molecule has 0 aliphatic heterocycles. The molecule has 0 aromatic heterocycles. The molecule has 3 aromatic carbocycles. The van der Waals surface area contributed by atoms with E-state index < -0.39 is 0 Å². The van der Waals surface area contributed by atoms with Crippen molar-refractivity contribution < 1.29 is 0 Å². The Morgan fingerprint density at radius 3 is 0.857 bits per heavy atom. The zero-order valence-corrected chi connectivity index (χ0v) is 20.8. The van der Waals surface area contributed by atoms with Crippen LogP contribution >= 0.6 is 0 Å². The van der Waals surface area contributed by atoms with Crippen LogP contribution in [0, 0.1) is 27.7 Å². The third-order valence-electron chi connectivity index (χ3n) is 3.58. The van der Waals surface area contributed by atoms with Crippen molar-refractivity contribution >= 4 is 10.8 Å². The number of rotatable bonds is 0. The first kappa shape index (κ1) is 30.6. The number of benzene rings is 3. The molecule has 0 spiro atoms. The van der Waals surface area contributed by atoms with Crippen LogP contribution < -0.4 is 0 Å². The molecule has 158 valence electrons. The fourth-order valence-electron chi connectivity index (χ4n) is 2.24. The Hall–Kier alpha value is -2.08. The Bertz CT molecular complexity index is 629. The van der Waals surface area contributed by atoms with Crippen molar-refractivity contribution in [3.63, 3.8) is 0 Å². The molecule has 0 heterocycles. The average molecular weight is 383 g/mol. The van der Waals surface area contributed by atoms with Crippen molar-refractivity contribution in [3.8, 4) is 0 Å². The van der Waals surface area contributed by atoms with Gasteiger partial charge < -0.3 is 0 Å². The molecule has 0 fully saturated rings. The summed E-state index contributed by atoms with van der Waals surface area (Å²) < 4.78 is 0. The second-order valence-electron chi connectivity index (χ2n) is 5.40. The number of hydrogen-bond acceptors (Lipinski definition) is 0. The van der Waals surface area contributed by atoms with Crippen LogP contribution in [-0.4, -0.2) is 0 Å². The van der Waals surface area contributed by atoms with Gasteiger partial charge in [0.1, 0.15) is 0 Å². The van der Waals surface area contributed by atoms with E-state index >= 15 is 0 Å². The van der Waals surface area contributed by atoms with Gasteiger partial charge in [-0.2, -0.15) is 0 Å². The van der Waals surface area contributed by atoms with Crippen molar-refractivity contribution in [2.75, 3.05) is 0 Å². The molecule has 0 saturated carbocycles. The van der Waals surface area contributed by atoms with Gasteiger partial charge in [0.2, 0.25) is 0 Å². The Morgan fingerprint density at radius 2 is 0.607 bits per heavy atom. The minimum atomic E-state index is 1.33. The Labute approximate surface area is 177 Å². The molecule has 0 N–H and O–H groups in total. The van der Waals surface area contributed by atoms with Gasteiger partial charge >= 0.3 is 0 Å². The first-order chi connectivity index (χ1) is 13.6. The molecule has 0 aliphatic carbocycles. The van der Waals surface area contributed by atoms with Crippen LogP contribution in [0.2, 0.25) is 0 Å². The predicted molar refractivity (Wildman–Crippen MR) is 135 cm³/mol. The van der Waals surface area contributed by atoms with E-state index in [1.54, 1.807) is 0 Å². The standard InChI is InChI=1S/C12H12.C8H10.4C2H6/c1-9-7-8-10(2)12-6-4-3-5-11(9)12;1-7-3-5-8(2)6-4-7;4*1-2/h3-8H,1-2H3;3-6H,1-2H3;4*1-2H3. The third-order valence-corrected chi connectivity index (χ3v) is 3.58. The normalized spacial score (nSPS) is 8.00. The van der Waals surface area contributed by atoms with Crippen molar-refractivity contribution in [3.05, 3.63) is 82.9 Å². The fourth-order valence-corrected chi connectivity index (χ4v) is 2.24. The summed E-state index contributed by atoms with van der Waals surface area (Å²) in [6, 6.07) is 21.4. The minimum absolute atomic E-state index is 1.33. The van der Waals surface area contributed by atoms with Crippen molar-refractivity contribution in [2.45, 2.75) is 83.1 Å². The monoisotopic (exact) mass is 382 g/mol. The number of aryl methyl sites for hydroxylation is 4. The molecule has 3 rings (SSSR count). The Morgan fingerprint density at radius 1 is 0.357 bits per heavy atom. The molecular weight excluding hydrogens is 336 g/mol. The lowest BCUT2D eigenvalue weighted by atomic mass is 10.0. The summed E-state index contributed by atoms with van der Waals surface area (Å²) in [5.74, 6) is 0. The molecule has 0 saturated heterocycles. The summed E-state index contributed by atoms with van der Waals surface area (Å²) in [7, 11) is 0. The molecule has 0 bridgehead atoms. The molecule has 0 heteroatoms. The lowest BCUT2D eigenvalue weighted by Gasteiger charge is -2.03. The van der Waals surface area contributed by atoms with E-state index in [1.807, 2.05) is 55.4 Å². The molecule has 0 amide bonds. The first-order valence-electron chi connectivity index (χ1n) is 11.1. The molecule has 0 radical (unpaired) electrons. The molecular formula is C28H46. The molecule has 0 nitrogen and oxygen atoms in total. The highest BCUT2D eigenvalue weighted by molar-refractivity contribution is 5.88. The maximum atomic E-state index is 2.18.